The topological polar surface area (TPSA) is 26.0 Å². The molecule has 0 saturated carbocycles. The van der Waals surface area contributed by atoms with Gasteiger partial charge in [-0.1, -0.05) is 12.2 Å². The lowest BCUT2D eigenvalue weighted by Gasteiger charge is -2.00. The van der Waals surface area contributed by atoms with Crippen LogP contribution in [0.4, 0.5) is 4.39 Å². The van der Waals surface area contributed by atoms with Gasteiger partial charge in [-0.3, -0.25) is 0 Å². The number of rotatable bonds is 1. The van der Waals surface area contributed by atoms with Gasteiger partial charge in [0.15, 0.2) is 0 Å². The van der Waals surface area contributed by atoms with Gasteiger partial charge in [-0.15, -0.1) is 0 Å². The van der Waals surface area contributed by atoms with Crippen molar-refractivity contribution in [3.05, 3.63) is 12.2 Å². The molecule has 0 bridgehead atoms. The monoisotopic (exact) mass is 115 g/mol. The van der Waals surface area contributed by atoms with Crippen molar-refractivity contribution in [2.24, 2.45) is 11.7 Å². The van der Waals surface area contributed by atoms with E-state index in [1.165, 1.54) is 0 Å². The molecule has 1 unspecified atom stereocenters. The molecule has 46 valence electrons. The summed E-state index contributed by atoms with van der Waals surface area (Å²) in [6.45, 7) is 0.580. The zero-order valence-corrected chi connectivity index (χ0v) is 4.68. The first-order chi connectivity index (χ1) is 3.83. The number of alkyl halides is 1. The van der Waals surface area contributed by atoms with Crippen LogP contribution in [0.1, 0.15) is 6.42 Å². The van der Waals surface area contributed by atoms with Crippen molar-refractivity contribution >= 4 is 0 Å². The molecular formula is C6H10FN. The second-order valence-corrected chi connectivity index (χ2v) is 2.13. The van der Waals surface area contributed by atoms with Crippen molar-refractivity contribution in [1.82, 2.24) is 0 Å². The first kappa shape index (κ1) is 5.76. The molecule has 2 heteroatoms. The van der Waals surface area contributed by atoms with Gasteiger partial charge >= 0.3 is 0 Å². The highest BCUT2D eigenvalue weighted by molar-refractivity contribution is 5.02. The smallest absolute Gasteiger partial charge is 0.119 e. The Morgan fingerprint density at radius 1 is 1.62 bits per heavy atom. The number of hydrogen-bond acceptors (Lipinski definition) is 1. The van der Waals surface area contributed by atoms with E-state index in [0.29, 0.717) is 18.9 Å². The van der Waals surface area contributed by atoms with E-state index in [0.717, 1.165) is 0 Å². The minimum absolute atomic E-state index is 0.296. The van der Waals surface area contributed by atoms with Crippen molar-refractivity contribution in [3.63, 3.8) is 0 Å². The maximum Gasteiger partial charge on any atom is 0.119 e. The summed E-state index contributed by atoms with van der Waals surface area (Å²) >= 11 is 0. The van der Waals surface area contributed by atoms with Gasteiger partial charge in [-0.25, -0.2) is 4.39 Å². The fourth-order valence-corrected chi connectivity index (χ4v) is 0.899. The highest BCUT2D eigenvalue weighted by Gasteiger charge is 2.15. The van der Waals surface area contributed by atoms with Crippen LogP contribution in [0.3, 0.4) is 0 Å². The Kier molecular flexibility index (Phi) is 1.63. The van der Waals surface area contributed by atoms with Gasteiger partial charge in [0.1, 0.15) is 6.17 Å². The Bertz CT molecular complexity index is 101. The molecule has 0 spiro atoms. The molecule has 0 radical (unpaired) electrons. The third-order valence-electron chi connectivity index (χ3n) is 1.42. The zero-order valence-electron chi connectivity index (χ0n) is 4.68. The minimum Gasteiger partial charge on any atom is -0.330 e. The van der Waals surface area contributed by atoms with Gasteiger partial charge in [0, 0.05) is 0 Å². The summed E-state index contributed by atoms with van der Waals surface area (Å²) in [5.74, 6) is 0.296. The first-order valence-electron chi connectivity index (χ1n) is 2.85. The maximum atomic E-state index is 12.2. The summed E-state index contributed by atoms with van der Waals surface area (Å²) in [6, 6.07) is 0. The molecule has 8 heavy (non-hydrogen) atoms. The fourth-order valence-electron chi connectivity index (χ4n) is 0.899. The molecule has 0 fully saturated rings. The van der Waals surface area contributed by atoms with E-state index in [2.05, 4.69) is 0 Å². The molecule has 0 saturated heterocycles. The van der Waals surface area contributed by atoms with Crippen molar-refractivity contribution in [1.29, 1.82) is 0 Å². The van der Waals surface area contributed by atoms with Crippen LogP contribution >= 0.6 is 0 Å². The summed E-state index contributed by atoms with van der Waals surface area (Å²) in [5, 5.41) is 0. The van der Waals surface area contributed by atoms with Gasteiger partial charge in [0.05, 0.1) is 0 Å². The molecule has 0 aromatic carbocycles. The molecule has 0 aliphatic heterocycles. The fraction of sp³-hybridized carbons (Fsp3) is 0.667. The summed E-state index contributed by atoms with van der Waals surface area (Å²) in [5.41, 5.74) is 5.28. The Hall–Kier alpha value is -0.370. The largest absolute Gasteiger partial charge is 0.330 e. The lowest BCUT2D eigenvalue weighted by atomic mass is 10.1. The number of halogens is 1. The van der Waals surface area contributed by atoms with E-state index >= 15 is 0 Å². The van der Waals surface area contributed by atoms with Gasteiger partial charge < -0.3 is 5.73 Å². The maximum absolute atomic E-state index is 12.2. The molecule has 0 amide bonds. The minimum atomic E-state index is -0.733. The summed E-state index contributed by atoms with van der Waals surface area (Å²) in [7, 11) is 0. The average molecular weight is 115 g/mol. The van der Waals surface area contributed by atoms with Crippen LogP contribution in [0.15, 0.2) is 12.2 Å². The van der Waals surface area contributed by atoms with Crippen molar-refractivity contribution in [2.75, 3.05) is 6.54 Å². The Balaban J connectivity index is 2.34. The van der Waals surface area contributed by atoms with Crippen LogP contribution in [-0.4, -0.2) is 12.7 Å². The van der Waals surface area contributed by atoms with Gasteiger partial charge in [-0.05, 0) is 18.9 Å². The molecule has 2 atom stereocenters. The summed E-state index contributed by atoms with van der Waals surface area (Å²) in [6.07, 6.45) is 3.29. The van der Waals surface area contributed by atoms with Crippen molar-refractivity contribution < 1.29 is 4.39 Å². The van der Waals surface area contributed by atoms with Crippen molar-refractivity contribution in [2.45, 2.75) is 12.6 Å². The van der Waals surface area contributed by atoms with Crippen LogP contribution in [0.2, 0.25) is 0 Å². The molecule has 0 aromatic heterocycles. The Labute approximate surface area is 48.4 Å². The predicted molar refractivity (Wildman–Crippen MR) is 31.2 cm³/mol. The molecular weight excluding hydrogens is 105 g/mol. The first-order valence-corrected chi connectivity index (χ1v) is 2.85. The summed E-state index contributed by atoms with van der Waals surface area (Å²) < 4.78 is 12.2. The second kappa shape index (κ2) is 2.27. The van der Waals surface area contributed by atoms with Crippen LogP contribution in [0, 0.1) is 5.92 Å². The van der Waals surface area contributed by atoms with Crippen molar-refractivity contribution in [3.8, 4) is 0 Å². The average Bonchev–Trinajstić information content (AvgIpc) is 2.14. The second-order valence-electron chi connectivity index (χ2n) is 2.13. The lowest BCUT2D eigenvalue weighted by Crippen LogP contribution is -2.10. The Morgan fingerprint density at radius 3 is 2.62 bits per heavy atom. The number of nitrogens with two attached hydrogens (primary N) is 1. The van der Waals surface area contributed by atoms with E-state index < -0.39 is 6.17 Å². The van der Waals surface area contributed by atoms with E-state index in [1.807, 2.05) is 6.08 Å². The molecule has 0 heterocycles. The Morgan fingerprint density at radius 2 is 2.38 bits per heavy atom. The van der Waals surface area contributed by atoms with Gasteiger partial charge in [-0.2, -0.15) is 0 Å². The van der Waals surface area contributed by atoms with E-state index in [4.69, 9.17) is 5.73 Å². The third-order valence-corrected chi connectivity index (χ3v) is 1.42. The number of hydrogen-bond donors (Lipinski definition) is 1. The number of allylic oxidation sites excluding steroid dienone is 1. The van der Waals surface area contributed by atoms with E-state index in [1.54, 1.807) is 6.08 Å². The SMILES string of the molecule is NC[C@@H]1C=CC(F)C1. The summed E-state index contributed by atoms with van der Waals surface area (Å²) in [4.78, 5) is 0. The van der Waals surface area contributed by atoms with Crippen LogP contribution in [0.5, 0.6) is 0 Å². The van der Waals surface area contributed by atoms with Crippen LogP contribution < -0.4 is 5.73 Å². The molecule has 0 aromatic rings. The molecule has 2 N–H and O–H groups in total. The lowest BCUT2D eigenvalue weighted by molar-refractivity contribution is 0.367. The van der Waals surface area contributed by atoms with E-state index in [-0.39, 0.29) is 0 Å². The quantitative estimate of drug-likeness (QED) is 0.504. The van der Waals surface area contributed by atoms with Crippen LogP contribution in [0.25, 0.3) is 0 Å². The molecule has 1 nitrogen and oxygen atoms in total. The highest BCUT2D eigenvalue weighted by Crippen LogP contribution is 2.18. The highest BCUT2D eigenvalue weighted by atomic mass is 19.1. The zero-order chi connectivity index (χ0) is 5.98. The molecule has 1 aliphatic rings. The molecule has 1 aliphatic carbocycles. The van der Waals surface area contributed by atoms with Gasteiger partial charge in [0.2, 0.25) is 0 Å². The van der Waals surface area contributed by atoms with Gasteiger partial charge in [0.25, 0.3) is 0 Å². The molecule has 1 rings (SSSR count). The van der Waals surface area contributed by atoms with E-state index in [9.17, 15) is 4.39 Å². The van der Waals surface area contributed by atoms with Crippen LogP contribution in [-0.2, 0) is 0 Å². The third kappa shape index (κ3) is 1.07. The predicted octanol–water partition coefficient (Wildman–Crippen LogP) is 0.859. The normalized spacial score (nSPS) is 36.2. The standard InChI is InChI=1S/C6H10FN/c7-6-2-1-5(3-6)4-8/h1-2,5-6H,3-4,8H2/t5-,6?/m1/s1.